The lowest BCUT2D eigenvalue weighted by molar-refractivity contribution is 0.0326. The third-order valence-electron chi connectivity index (χ3n) is 4.18. The Hall–Kier alpha value is -1.92. The molecule has 1 saturated heterocycles. The van der Waals surface area contributed by atoms with E-state index < -0.39 is 0 Å². The lowest BCUT2D eigenvalue weighted by Gasteiger charge is -2.26. The van der Waals surface area contributed by atoms with Crippen LogP contribution >= 0.6 is 0 Å². The first kappa shape index (κ1) is 12.8. The lowest BCUT2D eigenvalue weighted by atomic mass is 10.2. The number of hydrogen-bond acceptors (Lipinski definition) is 4. The molecule has 6 nitrogen and oxygen atoms in total. The minimum Gasteiger partial charge on any atom is -0.379 e. The van der Waals surface area contributed by atoms with Crippen LogP contribution in [0.25, 0.3) is 11.0 Å². The third-order valence-corrected chi connectivity index (χ3v) is 4.18. The van der Waals surface area contributed by atoms with Gasteiger partial charge in [0.05, 0.1) is 36.4 Å². The summed E-state index contributed by atoms with van der Waals surface area (Å²) in [4.78, 5) is 19.2. The van der Waals surface area contributed by atoms with Gasteiger partial charge in [-0.25, -0.2) is 4.98 Å². The van der Waals surface area contributed by atoms with Crippen LogP contribution in [-0.2, 0) is 17.8 Å². The minimum absolute atomic E-state index is 0.00262. The standard InChI is InChI=1S/C15H18N4O2/c20-15-11-2-1-3-12-14(11)19(5-4-16-15)13(17-12)10-18-6-8-21-9-7-18/h1-3H,4-10H2,(H,16,20). The van der Waals surface area contributed by atoms with Crippen molar-refractivity contribution in [3.63, 3.8) is 0 Å². The maximum Gasteiger partial charge on any atom is 0.253 e. The highest BCUT2D eigenvalue weighted by Crippen LogP contribution is 2.23. The smallest absolute Gasteiger partial charge is 0.253 e. The van der Waals surface area contributed by atoms with E-state index in [0.717, 1.165) is 61.8 Å². The monoisotopic (exact) mass is 286 g/mol. The van der Waals surface area contributed by atoms with Crippen LogP contribution in [0, 0.1) is 0 Å². The zero-order valence-corrected chi connectivity index (χ0v) is 11.8. The number of amides is 1. The number of benzene rings is 1. The molecule has 0 unspecified atom stereocenters. The molecule has 1 N–H and O–H groups in total. The summed E-state index contributed by atoms with van der Waals surface area (Å²) in [6, 6.07) is 5.76. The molecule has 0 aliphatic carbocycles. The van der Waals surface area contributed by atoms with Gasteiger partial charge in [-0.3, -0.25) is 9.69 Å². The van der Waals surface area contributed by atoms with E-state index >= 15 is 0 Å². The van der Waals surface area contributed by atoms with Crippen LogP contribution in [0.1, 0.15) is 16.2 Å². The van der Waals surface area contributed by atoms with Crippen molar-refractivity contribution in [2.75, 3.05) is 32.8 Å². The lowest BCUT2D eigenvalue weighted by Crippen LogP contribution is -2.36. The Bertz CT molecular complexity index is 688. The molecule has 1 fully saturated rings. The first-order valence-electron chi connectivity index (χ1n) is 7.39. The van der Waals surface area contributed by atoms with E-state index in [1.807, 2.05) is 18.2 Å². The molecule has 0 radical (unpaired) electrons. The third kappa shape index (κ3) is 2.20. The zero-order valence-electron chi connectivity index (χ0n) is 11.8. The Kier molecular flexibility index (Phi) is 3.12. The number of carbonyl (C=O) groups excluding carboxylic acids is 1. The van der Waals surface area contributed by atoms with Crippen molar-refractivity contribution >= 4 is 16.9 Å². The fraction of sp³-hybridized carbons (Fsp3) is 0.467. The summed E-state index contributed by atoms with van der Waals surface area (Å²) < 4.78 is 7.59. The van der Waals surface area contributed by atoms with E-state index in [4.69, 9.17) is 9.72 Å². The van der Waals surface area contributed by atoms with Crippen molar-refractivity contribution in [2.24, 2.45) is 0 Å². The van der Waals surface area contributed by atoms with Crippen LogP contribution in [-0.4, -0.2) is 53.2 Å². The van der Waals surface area contributed by atoms with Crippen molar-refractivity contribution in [3.05, 3.63) is 29.6 Å². The van der Waals surface area contributed by atoms with Crippen LogP contribution in [0.15, 0.2) is 18.2 Å². The average molecular weight is 286 g/mol. The normalized spacial score (nSPS) is 19.5. The molecule has 0 saturated carbocycles. The molecule has 6 heteroatoms. The summed E-state index contributed by atoms with van der Waals surface area (Å²) in [7, 11) is 0. The van der Waals surface area contributed by atoms with E-state index in [2.05, 4.69) is 14.8 Å². The maximum atomic E-state index is 12.1. The molecule has 1 aromatic carbocycles. The van der Waals surface area contributed by atoms with Crippen molar-refractivity contribution in [3.8, 4) is 0 Å². The predicted octanol–water partition coefficient (Wildman–Crippen LogP) is 0.612. The zero-order chi connectivity index (χ0) is 14.2. The van der Waals surface area contributed by atoms with E-state index in [-0.39, 0.29) is 5.91 Å². The van der Waals surface area contributed by atoms with E-state index in [1.54, 1.807) is 0 Å². The summed E-state index contributed by atoms with van der Waals surface area (Å²) in [6.45, 7) is 5.68. The van der Waals surface area contributed by atoms with Crippen LogP contribution in [0.2, 0.25) is 0 Å². The fourth-order valence-electron chi connectivity index (χ4n) is 3.11. The van der Waals surface area contributed by atoms with Crippen LogP contribution in [0.3, 0.4) is 0 Å². The number of ether oxygens (including phenoxy) is 1. The Balaban J connectivity index is 1.77. The maximum absolute atomic E-state index is 12.1. The van der Waals surface area contributed by atoms with Crippen LogP contribution < -0.4 is 5.32 Å². The summed E-state index contributed by atoms with van der Waals surface area (Å²) in [6.07, 6.45) is 0. The second kappa shape index (κ2) is 5.13. The molecule has 4 rings (SSSR count). The molecule has 2 aromatic rings. The number of rotatable bonds is 2. The second-order valence-electron chi connectivity index (χ2n) is 5.50. The predicted molar refractivity (Wildman–Crippen MR) is 78.2 cm³/mol. The number of nitrogens with one attached hydrogen (secondary N) is 1. The molecule has 3 heterocycles. The van der Waals surface area contributed by atoms with Gasteiger partial charge in [-0.2, -0.15) is 0 Å². The van der Waals surface area contributed by atoms with Gasteiger partial charge in [0, 0.05) is 26.2 Å². The Morgan fingerprint density at radius 1 is 1.24 bits per heavy atom. The molecule has 0 atom stereocenters. The van der Waals surface area contributed by atoms with Gasteiger partial charge in [0.1, 0.15) is 5.82 Å². The quantitative estimate of drug-likeness (QED) is 0.879. The summed E-state index contributed by atoms with van der Waals surface area (Å²) in [5.41, 5.74) is 2.61. The van der Waals surface area contributed by atoms with Crippen LogP contribution in [0.4, 0.5) is 0 Å². The second-order valence-corrected chi connectivity index (χ2v) is 5.50. The molecule has 2 aliphatic rings. The number of imidazole rings is 1. The SMILES string of the molecule is O=C1NCCn2c(CN3CCOCC3)nc3cccc1c32. The van der Waals surface area contributed by atoms with Crippen molar-refractivity contribution in [2.45, 2.75) is 13.1 Å². The van der Waals surface area contributed by atoms with Gasteiger partial charge in [0.15, 0.2) is 0 Å². The molecule has 21 heavy (non-hydrogen) atoms. The molecule has 1 aromatic heterocycles. The van der Waals surface area contributed by atoms with Crippen molar-refractivity contribution in [1.29, 1.82) is 0 Å². The number of morpholine rings is 1. The van der Waals surface area contributed by atoms with Crippen LogP contribution in [0.5, 0.6) is 0 Å². The number of aromatic nitrogens is 2. The first-order chi connectivity index (χ1) is 10.3. The van der Waals surface area contributed by atoms with Gasteiger partial charge in [-0.1, -0.05) is 6.07 Å². The minimum atomic E-state index is -0.00262. The van der Waals surface area contributed by atoms with E-state index in [9.17, 15) is 4.79 Å². The molecule has 0 spiro atoms. The summed E-state index contributed by atoms with van der Waals surface area (Å²) in [5.74, 6) is 1.04. The fourth-order valence-corrected chi connectivity index (χ4v) is 3.11. The van der Waals surface area contributed by atoms with Gasteiger partial charge in [-0.15, -0.1) is 0 Å². The van der Waals surface area contributed by atoms with Gasteiger partial charge in [0.2, 0.25) is 0 Å². The first-order valence-corrected chi connectivity index (χ1v) is 7.39. The Labute approximate surface area is 122 Å². The number of para-hydroxylation sites is 1. The van der Waals surface area contributed by atoms with Gasteiger partial charge < -0.3 is 14.6 Å². The van der Waals surface area contributed by atoms with E-state index in [0.29, 0.717) is 6.54 Å². The topological polar surface area (TPSA) is 59.4 Å². The van der Waals surface area contributed by atoms with Crippen molar-refractivity contribution < 1.29 is 9.53 Å². The number of hydrogen-bond donors (Lipinski definition) is 1. The number of nitrogens with zero attached hydrogens (tertiary/aromatic N) is 3. The highest BCUT2D eigenvalue weighted by Gasteiger charge is 2.22. The van der Waals surface area contributed by atoms with Crippen molar-refractivity contribution in [1.82, 2.24) is 19.8 Å². The molecule has 0 bridgehead atoms. The number of carbonyl (C=O) groups is 1. The van der Waals surface area contributed by atoms with E-state index in [1.165, 1.54) is 0 Å². The highest BCUT2D eigenvalue weighted by atomic mass is 16.5. The largest absolute Gasteiger partial charge is 0.379 e. The average Bonchev–Trinajstić information content (AvgIpc) is 2.75. The summed E-state index contributed by atoms with van der Waals surface area (Å²) >= 11 is 0. The summed E-state index contributed by atoms with van der Waals surface area (Å²) in [5, 5.41) is 2.95. The Morgan fingerprint density at radius 3 is 2.95 bits per heavy atom. The highest BCUT2D eigenvalue weighted by molar-refractivity contribution is 6.05. The molecular weight excluding hydrogens is 268 g/mol. The molecule has 1 amide bonds. The van der Waals surface area contributed by atoms with Gasteiger partial charge in [-0.05, 0) is 12.1 Å². The molecule has 110 valence electrons. The van der Waals surface area contributed by atoms with Gasteiger partial charge >= 0.3 is 0 Å². The molecular formula is C15H18N4O2. The Morgan fingerprint density at radius 2 is 2.10 bits per heavy atom. The molecule has 2 aliphatic heterocycles. The van der Waals surface area contributed by atoms with Gasteiger partial charge in [0.25, 0.3) is 5.91 Å².